The molecule has 2 aromatic rings. The lowest BCUT2D eigenvalue weighted by Gasteiger charge is -2.23. The molecule has 28 heavy (non-hydrogen) atoms. The molecular formula is C24H28ClNOS. The monoisotopic (exact) mass is 413 g/mol. The summed E-state index contributed by atoms with van der Waals surface area (Å²) in [6.45, 7) is 7.42. The van der Waals surface area contributed by atoms with Gasteiger partial charge in [0.1, 0.15) is 0 Å². The Bertz CT molecular complexity index is 850. The van der Waals surface area contributed by atoms with Crippen molar-refractivity contribution in [1.29, 1.82) is 0 Å². The number of rotatable bonds is 7. The Hall–Kier alpha value is -1.71. The first-order valence-corrected chi connectivity index (χ1v) is 11.3. The third-order valence-electron chi connectivity index (χ3n) is 5.28. The first-order valence-electron chi connectivity index (χ1n) is 9.79. The highest BCUT2D eigenvalue weighted by atomic mass is 35.5. The smallest absolute Gasteiger partial charge is 0.158 e. The fourth-order valence-electron chi connectivity index (χ4n) is 3.88. The maximum Gasteiger partial charge on any atom is 0.158 e. The van der Waals surface area contributed by atoms with Crippen LogP contribution in [0.3, 0.4) is 0 Å². The molecule has 1 aliphatic rings. The maximum atomic E-state index is 12.2. The van der Waals surface area contributed by atoms with Crippen LogP contribution < -0.4 is 5.32 Å². The van der Waals surface area contributed by atoms with Gasteiger partial charge in [0.2, 0.25) is 0 Å². The minimum atomic E-state index is 0.201. The number of carbonyl (C=O) groups excluding carboxylic acids is 1. The average molecular weight is 414 g/mol. The molecule has 148 valence electrons. The number of halogens is 1. The van der Waals surface area contributed by atoms with E-state index in [-0.39, 0.29) is 11.7 Å². The van der Waals surface area contributed by atoms with Crippen molar-refractivity contribution in [2.45, 2.75) is 45.3 Å². The molecule has 0 bridgehead atoms. The minimum Gasteiger partial charge on any atom is -0.387 e. The zero-order valence-electron chi connectivity index (χ0n) is 16.8. The highest BCUT2D eigenvalue weighted by Crippen LogP contribution is 2.31. The Labute approximate surface area is 177 Å². The zero-order valence-corrected chi connectivity index (χ0v) is 18.4. The van der Waals surface area contributed by atoms with Gasteiger partial charge in [0.25, 0.3) is 0 Å². The highest BCUT2D eigenvalue weighted by Gasteiger charge is 2.22. The third kappa shape index (κ3) is 5.65. The molecule has 2 aromatic carbocycles. The van der Waals surface area contributed by atoms with Gasteiger partial charge in [0, 0.05) is 41.3 Å². The molecule has 4 heteroatoms. The van der Waals surface area contributed by atoms with Gasteiger partial charge in [-0.05, 0) is 67.5 Å². The Kier molecular flexibility index (Phi) is 7.25. The molecule has 0 saturated heterocycles. The lowest BCUT2D eigenvalue weighted by molar-refractivity contribution is -0.115. The topological polar surface area (TPSA) is 29.1 Å². The number of nitrogens with one attached hydrogen (secondary N) is 1. The van der Waals surface area contributed by atoms with E-state index in [0.29, 0.717) is 6.42 Å². The van der Waals surface area contributed by atoms with Crippen LogP contribution in [-0.4, -0.2) is 18.1 Å². The van der Waals surface area contributed by atoms with Crippen molar-refractivity contribution in [2.75, 3.05) is 12.3 Å². The highest BCUT2D eigenvalue weighted by molar-refractivity contribution is 7.98. The number of thioether (sulfide) groups is 1. The Balaban J connectivity index is 1.48. The van der Waals surface area contributed by atoms with E-state index in [1.54, 1.807) is 6.08 Å². The van der Waals surface area contributed by atoms with Gasteiger partial charge in [-0.3, -0.25) is 4.79 Å². The molecule has 0 heterocycles. The van der Waals surface area contributed by atoms with Crippen LogP contribution in [0.1, 0.15) is 46.6 Å². The van der Waals surface area contributed by atoms with Crippen molar-refractivity contribution < 1.29 is 4.79 Å². The molecule has 0 aromatic heterocycles. The third-order valence-corrected chi connectivity index (χ3v) is 6.51. The molecule has 1 N–H and O–H groups in total. The van der Waals surface area contributed by atoms with E-state index >= 15 is 0 Å². The fraction of sp³-hybridized carbons (Fsp3) is 0.375. The predicted octanol–water partition coefficient (Wildman–Crippen LogP) is 6.12. The molecule has 0 spiro atoms. The number of carbonyl (C=O) groups is 1. The van der Waals surface area contributed by atoms with Gasteiger partial charge in [-0.1, -0.05) is 41.4 Å². The van der Waals surface area contributed by atoms with Crippen molar-refractivity contribution in [2.24, 2.45) is 0 Å². The van der Waals surface area contributed by atoms with Crippen molar-refractivity contribution in [3.8, 4) is 0 Å². The number of allylic oxidation sites excluding steroid dienone is 2. The summed E-state index contributed by atoms with van der Waals surface area (Å²) < 4.78 is 0. The first-order chi connectivity index (χ1) is 13.4. The fourth-order valence-corrected chi connectivity index (χ4v) is 5.06. The van der Waals surface area contributed by atoms with Crippen molar-refractivity contribution in [3.05, 3.63) is 81.0 Å². The standard InChI is InChI=1S/C24H28ClNOS/c1-16-10-17(2)24(18(3)11-16)15-28-9-8-26-22-12-20(13-23(27)14-22)19-4-6-21(25)7-5-19/h4-7,10-11,14,20,26H,8-9,12-13,15H2,1-3H3/t20-/m0/s1. The number of benzene rings is 2. The molecule has 0 radical (unpaired) electrons. The Morgan fingerprint density at radius 2 is 1.75 bits per heavy atom. The number of aryl methyl sites for hydroxylation is 3. The van der Waals surface area contributed by atoms with E-state index in [4.69, 9.17) is 11.6 Å². The van der Waals surface area contributed by atoms with Crippen LogP contribution in [0, 0.1) is 20.8 Å². The van der Waals surface area contributed by atoms with Crippen LogP contribution in [0.15, 0.2) is 48.2 Å². The Morgan fingerprint density at radius 3 is 2.43 bits per heavy atom. The molecule has 2 nitrogen and oxygen atoms in total. The van der Waals surface area contributed by atoms with Crippen molar-refractivity contribution in [1.82, 2.24) is 5.32 Å². The van der Waals surface area contributed by atoms with Crippen LogP contribution in [0.25, 0.3) is 0 Å². The summed E-state index contributed by atoms with van der Waals surface area (Å²) >= 11 is 7.92. The normalized spacial score (nSPS) is 16.8. The zero-order chi connectivity index (χ0) is 20.1. The second-order valence-corrected chi connectivity index (χ2v) is 9.19. The van der Waals surface area contributed by atoms with Gasteiger partial charge in [-0.15, -0.1) is 0 Å². The Morgan fingerprint density at radius 1 is 1.07 bits per heavy atom. The van der Waals surface area contributed by atoms with Gasteiger partial charge >= 0.3 is 0 Å². The molecule has 0 unspecified atom stereocenters. The second kappa shape index (κ2) is 9.67. The van der Waals surface area contributed by atoms with Gasteiger partial charge in [0.15, 0.2) is 5.78 Å². The van der Waals surface area contributed by atoms with Gasteiger partial charge in [0.05, 0.1) is 0 Å². The van der Waals surface area contributed by atoms with Gasteiger partial charge in [-0.25, -0.2) is 0 Å². The number of ketones is 1. The lowest BCUT2D eigenvalue weighted by Crippen LogP contribution is -2.23. The molecule has 0 saturated carbocycles. The van der Waals surface area contributed by atoms with Crippen LogP contribution in [0.4, 0.5) is 0 Å². The minimum absolute atomic E-state index is 0.201. The van der Waals surface area contributed by atoms with Crippen LogP contribution in [0.2, 0.25) is 5.02 Å². The molecule has 0 amide bonds. The van der Waals surface area contributed by atoms with Crippen molar-refractivity contribution >= 4 is 29.1 Å². The number of hydrogen-bond donors (Lipinski definition) is 1. The lowest BCUT2D eigenvalue weighted by atomic mass is 9.85. The van der Waals surface area contributed by atoms with E-state index in [9.17, 15) is 4.79 Å². The van der Waals surface area contributed by atoms with E-state index in [0.717, 1.165) is 35.2 Å². The summed E-state index contributed by atoms with van der Waals surface area (Å²) in [5.41, 5.74) is 7.78. The van der Waals surface area contributed by atoms with Crippen LogP contribution in [0.5, 0.6) is 0 Å². The molecular weight excluding hydrogens is 386 g/mol. The molecule has 1 atom stereocenters. The van der Waals surface area contributed by atoms with Crippen LogP contribution in [-0.2, 0) is 10.5 Å². The summed E-state index contributed by atoms with van der Waals surface area (Å²) in [5, 5.41) is 4.21. The molecule has 0 aliphatic heterocycles. The van der Waals surface area contributed by atoms with Gasteiger partial charge in [-0.2, -0.15) is 11.8 Å². The summed E-state index contributed by atoms with van der Waals surface area (Å²) in [4.78, 5) is 12.2. The molecule has 3 rings (SSSR count). The maximum absolute atomic E-state index is 12.2. The second-order valence-electron chi connectivity index (χ2n) is 7.65. The summed E-state index contributed by atoms with van der Waals surface area (Å²) in [5.74, 6) is 2.49. The quantitative estimate of drug-likeness (QED) is 0.554. The first kappa shape index (κ1) is 21.0. The van der Waals surface area contributed by atoms with Crippen LogP contribution >= 0.6 is 23.4 Å². The van der Waals surface area contributed by atoms with E-state index in [1.807, 2.05) is 36.0 Å². The molecule has 0 fully saturated rings. The number of hydrogen-bond acceptors (Lipinski definition) is 3. The molecule has 1 aliphatic carbocycles. The predicted molar refractivity (Wildman–Crippen MR) is 121 cm³/mol. The van der Waals surface area contributed by atoms with E-state index < -0.39 is 0 Å². The summed E-state index contributed by atoms with van der Waals surface area (Å²) in [6.07, 6.45) is 3.24. The summed E-state index contributed by atoms with van der Waals surface area (Å²) in [6, 6.07) is 12.4. The SMILES string of the molecule is Cc1cc(C)c(CSCCNC2=CC(=O)C[C@@H](c3ccc(Cl)cc3)C2)c(C)c1. The van der Waals surface area contributed by atoms with Crippen molar-refractivity contribution in [3.63, 3.8) is 0 Å². The van der Waals surface area contributed by atoms with E-state index in [2.05, 4.69) is 38.2 Å². The largest absolute Gasteiger partial charge is 0.387 e. The summed E-state index contributed by atoms with van der Waals surface area (Å²) in [7, 11) is 0. The average Bonchev–Trinajstić information content (AvgIpc) is 2.63. The van der Waals surface area contributed by atoms with Gasteiger partial charge < -0.3 is 5.32 Å². The van der Waals surface area contributed by atoms with E-state index in [1.165, 1.54) is 27.8 Å².